The molecule has 1 fully saturated rings. The first-order valence-electron chi connectivity index (χ1n) is 7.26. The summed E-state index contributed by atoms with van der Waals surface area (Å²) in [6, 6.07) is 3.43. The predicted octanol–water partition coefficient (Wildman–Crippen LogP) is 2.68. The first-order valence-corrected chi connectivity index (χ1v) is 7.26. The molecule has 4 heteroatoms. The van der Waals surface area contributed by atoms with Crippen molar-refractivity contribution >= 4 is 5.91 Å². The van der Waals surface area contributed by atoms with Crippen LogP contribution in [0.1, 0.15) is 55.3 Å². The van der Waals surface area contributed by atoms with Crippen LogP contribution in [0.4, 0.5) is 0 Å². The Morgan fingerprint density at radius 3 is 2.74 bits per heavy atom. The topological polar surface area (TPSA) is 68.3 Å². The van der Waals surface area contributed by atoms with E-state index >= 15 is 0 Å². The van der Waals surface area contributed by atoms with Crippen LogP contribution in [0.25, 0.3) is 0 Å². The van der Waals surface area contributed by atoms with Gasteiger partial charge in [-0.2, -0.15) is 0 Å². The lowest BCUT2D eigenvalue weighted by Crippen LogP contribution is -2.26. The Morgan fingerprint density at radius 1 is 1.37 bits per heavy atom. The van der Waals surface area contributed by atoms with Crippen molar-refractivity contribution in [2.24, 2.45) is 17.6 Å². The van der Waals surface area contributed by atoms with Gasteiger partial charge in [0.15, 0.2) is 5.76 Å². The molecule has 4 nitrogen and oxygen atoms in total. The Labute approximate surface area is 114 Å². The number of nitrogens with one attached hydrogen (secondary N) is 1. The number of nitrogens with two attached hydrogens (primary N) is 1. The fourth-order valence-corrected chi connectivity index (χ4v) is 2.70. The first kappa shape index (κ1) is 14.1. The maximum absolute atomic E-state index is 11.8. The van der Waals surface area contributed by atoms with Crippen molar-refractivity contribution in [2.75, 3.05) is 6.54 Å². The van der Waals surface area contributed by atoms with Crippen LogP contribution in [0.15, 0.2) is 16.5 Å². The molecule has 0 radical (unpaired) electrons. The summed E-state index contributed by atoms with van der Waals surface area (Å²) in [5, 5.41) is 2.92. The van der Waals surface area contributed by atoms with Gasteiger partial charge in [0.05, 0.1) is 6.54 Å². The Kier molecular flexibility index (Phi) is 5.02. The van der Waals surface area contributed by atoms with Crippen molar-refractivity contribution in [1.82, 2.24) is 5.32 Å². The molecule has 2 rings (SSSR count). The van der Waals surface area contributed by atoms with Crippen LogP contribution in [0.5, 0.6) is 0 Å². The van der Waals surface area contributed by atoms with Crippen LogP contribution >= 0.6 is 0 Å². The Bertz CT molecular complexity index is 406. The number of hydrogen-bond acceptors (Lipinski definition) is 3. The standard InChI is InChI=1S/C15H24N2O2/c1-11-2-4-12(5-3-11)8-9-17-15(18)14-7-6-13(10-16)19-14/h6-7,11-12H,2-5,8-10,16H2,1H3,(H,17,18). The average Bonchev–Trinajstić information content (AvgIpc) is 2.90. The summed E-state index contributed by atoms with van der Waals surface area (Å²) in [7, 11) is 0. The zero-order valence-electron chi connectivity index (χ0n) is 11.7. The van der Waals surface area contributed by atoms with Crippen molar-refractivity contribution in [1.29, 1.82) is 0 Å². The minimum atomic E-state index is -0.135. The summed E-state index contributed by atoms with van der Waals surface area (Å²) in [5.74, 6) is 2.52. The molecule has 3 N–H and O–H groups in total. The van der Waals surface area contributed by atoms with E-state index in [4.69, 9.17) is 10.2 Å². The lowest BCUT2D eigenvalue weighted by atomic mass is 9.81. The summed E-state index contributed by atoms with van der Waals surface area (Å²) in [4.78, 5) is 11.8. The number of amides is 1. The normalized spacial score (nSPS) is 23.3. The van der Waals surface area contributed by atoms with E-state index in [1.165, 1.54) is 25.7 Å². The van der Waals surface area contributed by atoms with Crippen LogP contribution in [-0.2, 0) is 6.54 Å². The van der Waals surface area contributed by atoms with Gasteiger partial charge in [-0.15, -0.1) is 0 Å². The smallest absolute Gasteiger partial charge is 0.286 e. The third-order valence-electron chi connectivity index (χ3n) is 4.06. The molecule has 1 aromatic heterocycles. The molecule has 1 aliphatic carbocycles. The zero-order valence-corrected chi connectivity index (χ0v) is 11.7. The van der Waals surface area contributed by atoms with Gasteiger partial charge in [-0.05, 0) is 30.4 Å². The zero-order chi connectivity index (χ0) is 13.7. The fraction of sp³-hybridized carbons (Fsp3) is 0.667. The molecule has 0 unspecified atom stereocenters. The van der Waals surface area contributed by atoms with Gasteiger partial charge in [0.2, 0.25) is 0 Å². The summed E-state index contributed by atoms with van der Waals surface area (Å²) in [5.41, 5.74) is 5.45. The third-order valence-corrected chi connectivity index (χ3v) is 4.06. The van der Waals surface area contributed by atoms with E-state index in [1.54, 1.807) is 12.1 Å². The largest absolute Gasteiger partial charge is 0.455 e. The molecule has 0 spiro atoms. The molecule has 0 bridgehead atoms. The molecule has 19 heavy (non-hydrogen) atoms. The Hall–Kier alpha value is -1.29. The summed E-state index contributed by atoms with van der Waals surface area (Å²) in [6.45, 7) is 3.38. The average molecular weight is 264 g/mol. The Morgan fingerprint density at radius 2 is 2.11 bits per heavy atom. The van der Waals surface area contributed by atoms with Crippen LogP contribution in [0.3, 0.4) is 0 Å². The van der Waals surface area contributed by atoms with E-state index in [9.17, 15) is 4.79 Å². The van der Waals surface area contributed by atoms with Gasteiger partial charge in [-0.3, -0.25) is 4.79 Å². The lowest BCUT2D eigenvalue weighted by Gasteiger charge is -2.25. The number of rotatable bonds is 5. The highest BCUT2D eigenvalue weighted by molar-refractivity contribution is 5.91. The molecule has 106 valence electrons. The highest BCUT2D eigenvalue weighted by Crippen LogP contribution is 2.29. The molecule has 1 aromatic rings. The SMILES string of the molecule is CC1CCC(CCNC(=O)c2ccc(CN)o2)CC1. The molecule has 1 amide bonds. The molecule has 1 heterocycles. The van der Waals surface area contributed by atoms with Crippen LogP contribution in [0.2, 0.25) is 0 Å². The highest BCUT2D eigenvalue weighted by Gasteiger charge is 2.18. The van der Waals surface area contributed by atoms with Gasteiger partial charge in [0.1, 0.15) is 5.76 Å². The number of carbonyl (C=O) groups excluding carboxylic acids is 1. The van der Waals surface area contributed by atoms with Crippen molar-refractivity contribution in [2.45, 2.75) is 45.6 Å². The summed E-state index contributed by atoms with van der Waals surface area (Å²) in [6.07, 6.45) is 6.33. The first-order chi connectivity index (χ1) is 9.19. The molecule has 0 atom stereocenters. The molecular formula is C15H24N2O2. The van der Waals surface area contributed by atoms with Crippen LogP contribution < -0.4 is 11.1 Å². The van der Waals surface area contributed by atoms with Crippen molar-refractivity contribution in [3.8, 4) is 0 Å². The minimum absolute atomic E-state index is 0.135. The molecule has 0 aromatic carbocycles. The van der Waals surface area contributed by atoms with Crippen molar-refractivity contribution < 1.29 is 9.21 Å². The van der Waals surface area contributed by atoms with Gasteiger partial charge in [-0.1, -0.05) is 32.6 Å². The molecule has 0 aliphatic heterocycles. The van der Waals surface area contributed by atoms with E-state index in [-0.39, 0.29) is 5.91 Å². The molecular weight excluding hydrogens is 240 g/mol. The molecule has 1 aliphatic rings. The maximum Gasteiger partial charge on any atom is 0.286 e. The number of hydrogen-bond donors (Lipinski definition) is 2. The predicted molar refractivity (Wildman–Crippen MR) is 74.7 cm³/mol. The lowest BCUT2D eigenvalue weighted by molar-refractivity contribution is 0.0920. The second-order valence-electron chi connectivity index (χ2n) is 5.64. The summed E-state index contributed by atoms with van der Waals surface area (Å²) >= 11 is 0. The van der Waals surface area contributed by atoms with E-state index in [2.05, 4.69) is 12.2 Å². The van der Waals surface area contributed by atoms with E-state index in [1.807, 2.05) is 0 Å². The van der Waals surface area contributed by atoms with Crippen LogP contribution in [0, 0.1) is 11.8 Å². The third kappa shape index (κ3) is 4.10. The van der Waals surface area contributed by atoms with Gasteiger partial charge >= 0.3 is 0 Å². The molecule has 0 saturated heterocycles. The van der Waals surface area contributed by atoms with E-state index < -0.39 is 0 Å². The van der Waals surface area contributed by atoms with E-state index in [0.717, 1.165) is 24.8 Å². The quantitative estimate of drug-likeness (QED) is 0.859. The van der Waals surface area contributed by atoms with Gasteiger partial charge in [-0.25, -0.2) is 0 Å². The van der Waals surface area contributed by atoms with E-state index in [0.29, 0.717) is 18.1 Å². The van der Waals surface area contributed by atoms with Crippen molar-refractivity contribution in [3.63, 3.8) is 0 Å². The number of carbonyl (C=O) groups is 1. The minimum Gasteiger partial charge on any atom is -0.455 e. The second-order valence-corrected chi connectivity index (χ2v) is 5.64. The van der Waals surface area contributed by atoms with Crippen LogP contribution in [-0.4, -0.2) is 12.5 Å². The maximum atomic E-state index is 11.8. The Balaban J connectivity index is 1.69. The highest BCUT2D eigenvalue weighted by atomic mass is 16.4. The van der Waals surface area contributed by atoms with Gasteiger partial charge in [0, 0.05) is 6.54 Å². The monoisotopic (exact) mass is 264 g/mol. The van der Waals surface area contributed by atoms with Crippen molar-refractivity contribution in [3.05, 3.63) is 23.7 Å². The second kappa shape index (κ2) is 6.75. The molecule has 1 saturated carbocycles. The number of furan rings is 1. The fourth-order valence-electron chi connectivity index (χ4n) is 2.70. The van der Waals surface area contributed by atoms with Gasteiger partial charge in [0.25, 0.3) is 5.91 Å². The summed E-state index contributed by atoms with van der Waals surface area (Å²) < 4.78 is 5.31. The van der Waals surface area contributed by atoms with Gasteiger partial charge < -0.3 is 15.5 Å².